The summed E-state index contributed by atoms with van der Waals surface area (Å²) in [5.74, 6) is 0. The fraction of sp³-hybridized carbons (Fsp3) is 0.444. The van der Waals surface area contributed by atoms with Crippen LogP contribution in [-0.4, -0.2) is 38.6 Å². The highest BCUT2D eigenvalue weighted by atomic mass is 32.1. The standard InChI is InChI=1S/C9H11N5O2S/c1-3-7-6(4-15)10-13-14(7)9-12-11-8(17-9)5-16-2/h4H,3,5H2,1-2H3. The van der Waals surface area contributed by atoms with Crippen LogP contribution in [0.5, 0.6) is 0 Å². The molecule has 0 saturated heterocycles. The van der Waals surface area contributed by atoms with Crippen molar-refractivity contribution in [3.63, 3.8) is 0 Å². The van der Waals surface area contributed by atoms with Crippen molar-refractivity contribution in [1.29, 1.82) is 0 Å². The van der Waals surface area contributed by atoms with E-state index in [0.717, 1.165) is 10.7 Å². The maximum Gasteiger partial charge on any atom is 0.234 e. The van der Waals surface area contributed by atoms with Crippen molar-refractivity contribution >= 4 is 17.6 Å². The molecule has 0 fully saturated rings. The lowest BCUT2D eigenvalue weighted by molar-refractivity contribution is 0.111. The second-order valence-corrected chi connectivity index (χ2v) is 4.26. The van der Waals surface area contributed by atoms with Crippen LogP contribution in [0.15, 0.2) is 0 Å². The van der Waals surface area contributed by atoms with Gasteiger partial charge in [0.15, 0.2) is 6.29 Å². The van der Waals surface area contributed by atoms with Gasteiger partial charge in [-0.15, -0.1) is 15.3 Å². The number of aldehydes is 1. The maximum atomic E-state index is 10.8. The fourth-order valence-electron chi connectivity index (χ4n) is 1.40. The minimum absolute atomic E-state index is 0.344. The maximum absolute atomic E-state index is 10.8. The first-order valence-electron chi connectivity index (χ1n) is 5.01. The lowest BCUT2D eigenvalue weighted by atomic mass is 10.3. The molecule has 0 amide bonds. The summed E-state index contributed by atoms with van der Waals surface area (Å²) >= 11 is 1.36. The van der Waals surface area contributed by atoms with Gasteiger partial charge in [0.2, 0.25) is 5.13 Å². The van der Waals surface area contributed by atoms with Crippen LogP contribution in [0.3, 0.4) is 0 Å². The Morgan fingerprint density at radius 3 is 2.88 bits per heavy atom. The van der Waals surface area contributed by atoms with Gasteiger partial charge in [0, 0.05) is 7.11 Å². The third-order valence-corrected chi connectivity index (χ3v) is 3.02. The molecule has 2 aromatic heterocycles. The normalized spacial score (nSPS) is 10.7. The average Bonchev–Trinajstić information content (AvgIpc) is 2.94. The molecule has 0 spiro atoms. The van der Waals surface area contributed by atoms with Crippen molar-refractivity contribution < 1.29 is 9.53 Å². The van der Waals surface area contributed by atoms with E-state index in [9.17, 15) is 4.79 Å². The van der Waals surface area contributed by atoms with Crippen molar-refractivity contribution in [2.75, 3.05) is 7.11 Å². The molecule has 0 N–H and O–H groups in total. The minimum Gasteiger partial charge on any atom is -0.377 e. The zero-order valence-electron chi connectivity index (χ0n) is 9.45. The van der Waals surface area contributed by atoms with E-state index >= 15 is 0 Å². The van der Waals surface area contributed by atoms with Gasteiger partial charge in [-0.25, -0.2) is 0 Å². The Hall–Kier alpha value is -1.67. The smallest absolute Gasteiger partial charge is 0.234 e. The van der Waals surface area contributed by atoms with Gasteiger partial charge in [-0.05, 0) is 6.42 Å². The minimum atomic E-state index is 0.344. The lowest BCUT2D eigenvalue weighted by Gasteiger charge is -1.98. The molecule has 2 rings (SSSR count). The van der Waals surface area contributed by atoms with Gasteiger partial charge in [0.1, 0.15) is 17.3 Å². The van der Waals surface area contributed by atoms with E-state index in [-0.39, 0.29) is 0 Å². The van der Waals surface area contributed by atoms with Crippen LogP contribution in [0.25, 0.3) is 5.13 Å². The number of hydrogen-bond donors (Lipinski definition) is 0. The molecule has 0 bridgehead atoms. The van der Waals surface area contributed by atoms with E-state index in [0.29, 0.717) is 30.1 Å². The van der Waals surface area contributed by atoms with Crippen LogP contribution < -0.4 is 0 Å². The third kappa shape index (κ3) is 2.22. The van der Waals surface area contributed by atoms with Gasteiger partial charge < -0.3 is 4.74 Å². The third-order valence-electron chi connectivity index (χ3n) is 2.14. The van der Waals surface area contributed by atoms with Crippen molar-refractivity contribution in [3.8, 4) is 5.13 Å². The predicted molar refractivity (Wildman–Crippen MR) is 60.3 cm³/mol. The summed E-state index contributed by atoms with van der Waals surface area (Å²) < 4.78 is 6.51. The zero-order chi connectivity index (χ0) is 12.3. The molecule has 0 unspecified atom stereocenters. The summed E-state index contributed by atoms with van der Waals surface area (Å²) in [6.45, 7) is 2.34. The topological polar surface area (TPSA) is 82.8 Å². The molecule has 7 nitrogen and oxygen atoms in total. The summed E-state index contributed by atoms with van der Waals surface area (Å²) in [5.41, 5.74) is 1.08. The van der Waals surface area contributed by atoms with E-state index in [1.807, 2.05) is 6.92 Å². The van der Waals surface area contributed by atoms with Crippen molar-refractivity contribution in [2.24, 2.45) is 0 Å². The second-order valence-electron chi connectivity index (χ2n) is 3.22. The molecule has 90 valence electrons. The van der Waals surface area contributed by atoms with Crippen molar-refractivity contribution in [1.82, 2.24) is 25.2 Å². The van der Waals surface area contributed by atoms with E-state index in [4.69, 9.17) is 4.74 Å². The van der Waals surface area contributed by atoms with Gasteiger partial charge in [-0.3, -0.25) is 4.79 Å². The fourth-order valence-corrected chi connectivity index (χ4v) is 2.19. The summed E-state index contributed by atoms with van der Waals surface area (Å²) in [7, 11) is 1.60. The quantitative estimate of drug-likeness (QED) is 0.727. The van der Waals surface area contributed by atoms with Crippen LogP contribution in [0.1, 0.15) is 28.1 Å². The van der Waals surface area contributed by atoms with Crippen LogP contribution in [-0.2, 0) is 17.8 Å². The molecule has 8 heteroatoms. The highest BCUT2D eigenvalue weighted by Gasteiger charge is 2.15. The molecule has 0 aliphatic carbocycles. The Labute approximate surface area is 101 Å². The molecule has 0 radical (unpaired) electrons. The molecule has 2 heterocycles. The average molecular weight is 253 g/mol. The number of carbonyl (C=O) groups is 1. The largest absolute Gasteiger partial charge is 0.377 e. The van der Waals surface area contributed by atoms with E-state index in [1.54, 1.807) is 11.8 Å². The Bertz CT molecular complexity index is 521. The summed E-state index contributed by atoms with van der Waals surface area (Å²) in [5, 5.41) is 17.0. The number of hydrogen-bond acceptors (Lipinski definition) is 7. The molecule has 0 saturated carbocycles. The summed E-state index contributed by atoms with van der Waals surface area (Å²) in [6.07, 6.45) is 1.35. The number of aromatic nitrogens is 5. The summed E-state index contributed by atoms with van der Waals surface area (Å²) in [6, 6.07) is 0. The number of rotatable bonds is 5. The monoisotopic (exact) mass is 253 g/mol. The molecule has 0 aliphatic heterocycles. The van der Waals surface area contributed by atoms with Gasteiger partial charge in [0.25, 0.3) is 0 Å². The van der Waals surface area contributed by atoms with Crippen molar-refractivity contribution in [3.05, 3.63) is 16.4 Å². The SMILES string of the molecule is CCc1c(C=O)nnn1-c1nnc(COC)s1. The first-order valence-corrected chi connectivity index (χ1v) is 5.83. The molecular formula is C9H11N5O2S. The number of ether oxygens (including phenoxy) is 1. The zero-order valence-corrected chi connectivity index (χ0v) is 10.3. The lowest BCUT2D eigenvalue weighted by Crippen LogP contribution is -2.02. The molecule has 0 atom stereocenters. The summed E-state index contributed by atoms with van der Waals surface area (Å²) in [4.78, 5) is 10.8. The van der Waals surface area contributed by atoms with Crippen molar-refractivity contribution in [2.45, 2.75) is 20.0 Å². The molecule has 17 heavy (non-hydrogen) atoms. The first-order chi connectivity index (χ1) is 8.30. The number of nitrogens with zero attached hydrogens (tertiary/aromatic N) is 5. The van der Waals surface area contributed by atoms with E-state index in [2.05, 4.69) is 20.5 Å². The Morgan fingerprint density at radius 1 is 1.41 bits per heavy atom. The molecule has 0 aromatic carbocycles. The highest BCUT2D eigenvalue weighted by molar-refractivity contribution is 7.13. The highest BCUT2D eigenvalue weighted by Crippen LogP contribution is 2.17. The second kappa shape index (κ2) is 5.11. The predicted octanol–water partition coefficient (Wildman–Crippen LogP) is 0.640. The Kier molecular flexibility index (Phi) is 3.55. The Morgan fingerprint density at radius 2 is 2.24 bits per heavy atom. The van der Waals surface area contributed by atoms with Crippen LogP contribution in [0.4, 0.5) is 0 Å². The molecule has 0 aliphatic rings. The van der Waals surface area contributed by atoms with Gasteiger partial charge in [0.05, 0.1) is 5.69 Å². The Balaban J connectivity index is 2.38. The number of methoxy groups -OCH3 is 1. The van der Waals surface area contributed by atoms with Crippen LogP contribution in [0, 0.1) is 0 Å². The van der Waals surface area contributed by atoms with Gasteiger partial charge in [-0.1, -0.05) is 23.5 Å². The van der Waals surface area contributed by atoms with E-state index in [1.165, 1.54) is 11.3 Å². The number of carbonyl (C=O) groups excluding carboxylic acids is 1. The van der Waals surface area contributed by atoms with Crippen LogP contribution in [0.2, 0.25) is 0 Å². The van der Waals surface area contributed by atoms with Gasteiger partial charge >= 0.3 is 0 Å². The van der Waals surface area contributed by atoms with Gasteiger partial charge in [-0.2, -0.15) is 4.68 Å². The van der Waals surface area contributed by atoms with Crippen LogP contribution >= 0.6 is 11.3 Å². The first kappa shape index (κ1) is 11.8. The molecular weight excluding hydrogens is 242 g/mol. The molecule has 2 aromatic rings. The van der Waals surface area contributed by atoms with E-state index < -0.39 is 0 Å².